The van der Waals surface area contributed by atoms with Crippen molar-refractivity contribution < 1.29 is 18.3 Å². The van der Waals surface area contributed by atoms with E-state index in [1.54, 1.807) is 18.3 Å². The minimum Gasteiger partial charge on any atom is -0.480 e. The van der Waals surface area contributed by atoms with Crippen LogP contribution >= 0.6 is 0 Å². The minimum atomic E-state index is -3.94. The molecule has 2 aromatic rings. The van der Waals surface area contributed by atoms with Gasteiger partial charge < -0.3 is 5.11 Å². The second-order valence-corrected chi connectivity index (χ2v) is 8.68. The third-order valence-electron chi connectivity index (χ3n) is 5.47. The van der Waals surface area contributed by atoms with Gasteiger partial charge in [-0.2, -0.15) is 4.31 Å². The third-order valence-corrected chi connectivity index (χ3v) is 7.43. The molecule has 1 aliphatic carbocycles. The molecule has 0 bridgehead atoms. The van der Waals surface area contributed by atoms with E-state index in [0.717, 1.165) is 31.1 Å². The molecule has 1 saturated carbocycles. The van der Waals surface area contributed by atoms with E-state index >= 15 is 0 Å². The van der Waals surface area contributed by atoms with Gasteiger partial charge in [0.2, 0.25) is 10.0 Å². The zero-order chi connectivity index (χ0) is 17.6. The van der Waals surface area contributed by atoms with Gasteiger partial charge in [0.15, 0.2) is 0 Å². The molecule has 1 saturated heterocycles. The number of sulfonamides is 1. The number of rotatable bonds is 3. The van der Waals surface area contributed by atoms with Crippen LogP contribution in [-0.2, 0) is 14.8 Å². The fourth-order valence-electron chi connectivity index (χ4n) is 4.37. The first kappa shape index (κ1) is 16.5. The average Bonchev–Trinajstić information content (AvgIpc) is 3.02. The topological polar surface area (TPSA) is 87.6 Å². The molecule has 2 aliphatic rings. The summed E-state index contributed by atoms with van der Waals surface area (Å²) in [7, 11) is -3.94. The minimum absolute atomic E-state index is 0.100. The van der Waals surface area contributed by atoms with E-state index in [9.17, 15) is 18.3 Å². The summed E-state index contributed by atoms with van der Waals surface area (Å²) < 4.78 is 28.1. The Labute approximate surface area is 146 Å². The van der Waals surface area contributed by atoms with Crippen molar-refractivity contribution in [2.45, 2.75) is 49.1 Å². The van der Waals surface area contributed by atoms with Gasteiger partial charge in [0.1, 0.15) is 10.9 Å². The molecule has 3 unspecified atom stereocenters. The summed E-state index contributed by atoms with van der Waals surface area (Å²) in [6.07, 6.45) is 5.56. The van der Waals surface area contributed by atoms with E-state index < -0.39 is 22.0 Å². The second-order valence-electron chi connectivity index (χ2n) is 6.87. The van der Waals surface area contributed by atoms with Gasteiger partial charge in [-0.1, -0.05) is 31.0 Å². The molecule has 1 aromatic carbocycles. The van der Waals surface area contributed by atoms with E-state index in [1.165, 1.54) is 10.4 Å². The maximum Gasteiger partial charge on any atom is 0.322 e. The van der Waals surface area contributed by atoms with Crippen LogP contribution in [0.3, 0.4) is 0 Å². The molecule has 1 aromatic heterocycles. The van der Waals surface area contributed by atoms with Crippen molar-refractivity contribution in [3.05, 3.63) is 36.5 Å². The van der Waals surface area contributed by atoms with Crippen molar-refractivity contribution in [2.24, 2.45) is 5.92 Å². The molecule has 4 rings (SSSR count). The SMILES string of the molecule is O=C(O)C1CC2CCCCC2N1S(=O)(=O)c1cccc2cccnc12. The van der Waals surface area contributed by atoms with Crippen molar-refractivity contribution in [1.82, 2.24) is 9.29 Å². The van der Waals surface area contributed by atoms with Gasteiger partial charge >= 0.3 is 5.97 Å². The lowest BCUT2D eigenvalue weighted by molar-refractivity contribution is -0.141. The molecule has 3 atom stereocenters. The number of benzene rings is 1. The Morgan fingerprint density at radius 1 is 1.16 bits per heavy atom. The molecule has 0 radical (unpaired) electrons. The molecule has 132 valence electrons. The third kappa shape index (κ3) is 2.62. The van der Waals surface area contributed by atoms with Crippen LogP contribution in [0.2, 0.25) is 0 Å². The summed E-state index contributed by atoms with van der Waals surface area (Å²) in [6, 6.07) is 7.37. The Kier molecular flexibility index (Phi) is 4.00. The molecule has 1 aliphatic heterocycles. The zero-order valence-electron chi connectivity index (χ0n) is 13.7. The maximum absolute atomic E-state index is 13.4. The number of hydrogen-bond acceptors (Lipinski definition) is 4. The second kappa shape index (κ2) is 6.07. The fraction of sp³-hybridized carbons (Fsp3) is 0.444. The highest BCUT2D eigenvalue weighted by molar-refractivity contribution is 7.89. The normalized spacial score (nSPS) is 27.3. The Hall–Kier alpha value is -1.99. The van der Waals surface area contributed by atoms with Gasteiger partial charge in [0.25, 0.3) is 0 Å². The summed E-state index contributed by atoms with van der Waals surface area (Å²) in [5, 5.41) is 10.4. The number of carboxylic acids is 1. The molecule has 1 N–H and O–H groups in total. The predicted octanol–water partition coefficient (Wildman–Crippen LogP) is 2.64. The molecular formula is C18H20N2O4S. The van der Waals surface area contributed by atoms with Crippen LogP contribution < -0.4 is 0 Å². The van der Waals surface area contributed by atoms with Crippen LogP contribution in [0.15, 0.2) is 41.4 Å². The van der Waals surface area contributed by atoms with Crippen molar-refractivity contribution in [1.29, 1.82) is 0 Å². The molecule has 0 spiro atoms. The molecule has 7 heteroatoms. The number of aliphatic carboxylic acids is 1. The number of aromatic nitrogens is 1. The van der Waals surface area contributed by atoms with Gasteiger partial charge in [-0.05, 0) is 37.3 Å². The van der Waals surface area contributed by atoms with Crippen LogP contribution in [0, 0.1) is 5.92 Å². The summed E-state index contributed by atoms with van der Waals surface area (Å²) in [5.41, 5.74) is 0.397. The van der Waals surface area contributed by atoms with Crippen LogP contribution in [0.25, 0.3) is 10.9 Å². The number of fused-ring (bicyclic) bond motifs is 2. The summed E-state index contributed by atoms with van der Waals surface area (Å²) >= 11 is 0. The summed E-state index contributed by atoms with van der Waals surface area (Å²) in [5.74, 6) is -0.932. The van der Waals surface area contributed by atoms with Gasteiger partial charge in [-0.25, -0.2) is 8.42 Å². The van der Waals surface area contributed by atoms with E-state index in [4.69, 9.17) is 0 Å². The Morgan fingerprint density at radius 3 is 2.72 bits per heavy atom. The van der Waals surface area contributed by atoms with Crippen LogP contribution in [0.5, 0.6) is 0 Å². The molecule has 6 nitrogen and oxygen atoms in total. The van der Waals surface area contributed by atoms with Crippen LogP contribution in [0.4, 0.5) is 0 Å². The van der Waals surface area contributed by atoms with Gasteiger partial charge in [-0.3, -0.25) is 9.78 Å². The Bertz CT molecular complexity index is 922. The first-order chi connectivity index (χ1) is 12.0. The number of hydrogen-bond donors (Lipinski definition) is 1. The monoisotopic (exact) mass is 360 g/mol. The lowest BCUT2D eigenvalue weighted by atomic mass is 9.85. The molecule has 0 amide bonds. The molecule has 2 heterocycles. The molecule has 2 fully saturated rings. The van der Waals surface area contributed by atoms with Gasteiger partial charge in [0, 0.05) is 17.6 Å². The maximum atomic E-state index is 13.4. The zero-order valence-corrected chi connectivity index (χ0v) is 14.5. The predicted molar refractivity (Wildman–Crippen MR) is 92.6 cm³/mol. The Balaban J connectivity index is 1.86. The molecular weight excluding hydrogens is 340 g/mol. The van der Waals surface area contributed by atoms with E-state index in [2.05, 4.69) is 4.98 Å². The number of nitrogens with zero attached hydrogens (tertiary/aromatic N) is 2. The van der Waals surface area contributed by atoms with Gasteiger partial charge in [0.05, 0.1) is 5.52 Å². The summed E-state index contributed by atoms with van der Waals surface area (Å²) in [6.45, 7) is 0. The quantitative estimate of drug-likeness (QED) is 0.909. The van der Waals surface area contributed by atoms with E-state index in [0.29, 0.717) is 11.9 Å². The number of carbonyl (C=O) groups is 1. The largest absolute Gasteiger partial charge is 0.480 e. The highest BCUT2D eigenvalue weighted by Gasteiger charge is 2.51. The van der Waals surface area contributed by atoms with Gasteiger partial charge in [-0.15, -0.1) is 0 Å². The molecule has 25 heavy (non-hydrogen) atoms. The van der Waals surface area contributed by atoms with E-state index in [-0.39, 0.29) is 16.9 Å². The van der Waals surface area contributed by atoms with Crippen LogP contribution in [0.1, 0.15) is 32.1 Å². The smallest absolute Gasteiger partial charge is 0.322 e. The summed E-state index contributed by atoms with van der Waals surface area (Å²) in [4.78, 5) is 16.1. The van der Waals surface area contributed by atoms with Crippen molar-refractivity contribution in [3.63, 3.8) is 0 Å². The first-order valence-corrected chi connectivity index (χ1v) is 10.0. The van der Waals surface area contributed by atoms with E-state index in [1.807, 2.05) is 12.1 Å². The van der Waals surface area contributed by atoms with Crippen molar-refractivity contribution in [2.75, 3.05) is 0 Å². The lowest BCUT2D eigenvalue weighted by Crippen LogP contribution is -2.46. The standard InChI is InChI=1S/C18H20N2O4S/c21-18(22)15-11-13-5-1-2-8-14(13)20(15)25(23,24)16-9-3-6-12-7-4-10-19-17(12)16/h3-4,6-7,9-10,13-15H,1-2,5,8,11H2,(H,21,22). The number of para-hydroxylation sites is 1. The van der Waals surface area contributed by atoms with Crippen LogP contribution in [-0.4, -0.2) is 40.9 Å². The highest BCUT2D eigenvalue weighted by Crippen LogP contribution is 2.43. The number of carboxylic acid groups (broad SMARTS) is 1. The highest BCUT2D eigenvalue weighted by atomic mass is 32.2. The van der Waals surface area contributed by atoms with Crippen molar-refractivity contribution in [3.8, 4) is 0 Å². The average molecular weight is 360 g/mol. The first-order valence-electron chi connectivity index (χ1n) is 8.60. The number of pyridine rings is 1. The lowest BCUT2D eigenvalue weighted by Gasteiger charge is -2.32. The van der Waals surface area contributed by atoms with Crippen molar-refractivity contribution >= 4 is 26.9 Å². The Morgan fingerprint density at radius 2 is 1.92 bits per heavy atom. The fourth-order valence-corrected chi connectivity index (χ4v) is 6.41.